The number of benzene rings is 1. The first-order valence-electron chi connectivity index (χ1n) is 5.59. The Kier molecular flexibility index (Phi) is 4.96. The fourth-order valence-corrected chi connectivity index (χ4v) is 2.82. The second kappa shape index (κ2) is 6.71. The van der Waals surface area contributed by atoms with E-state index in [0.717, 1.165) is 3.57 Å². The lowest BCUT2D eigenvalue weighted by Gasteiger charge is -2.08. The number of hydrogen-bond acceptors (Lipinski definition) is 4. The SMILES string of the molecule is COc1ccc(C(=O)NNC(=O)c2cccs2)cc1I. The molecule has 0 fully saturated rings. The molecule has 0 spiro atoms. The highest BCUT2D eigenvalue weighted by Gasteiger charge is 2.11. The van der Waals surface area contributed by atoms with E-state index < -0.39 is 0 Å². The Labute approximate surface area is 133 Å². The maximum atomic E-state index is 11.9. The zero-order valence-corrected chi connectivity index (χ0v) is 13.4. The van der Waals surface area contributed by atoms with Crippen molar-refractivity contribution < 1.29 is 14.3 Å². The van der Waals surface area contributed by atoms with Gasteiger partial charge in [0.15, 0.2) is 0 Å². The summed E-state index contributed by atoms with van der Waals surface area (Å²) in [7, 11) is 1.57. The van der Waals surface area contributed by atoms with Crippen LogP contribution in [0.25, 0.3) is 0 Å². The van der Waals surface area contributed by atoms with Crippen LogP contribution in [0.1, 0.15) is 20.0 Å². The van der Waals surface area contributed by atoms with Crippen LogP contribution in [0.15, 0.2) is 35.7 Å². The molecular weight excluding hydrogens is 391 g/mol. The molecule has 7 heteroatoms. The zero-order chi connectivity index (χ0) is 14.5. The van der Waals surface area contributed by atoms with E-state index in [9.17, 15) is 9.59 Å². The molecule has 0 unspecified atom stereocenters. The van der Waals surface area contributed by atoms with Crippen LogP contribution >= 0.6 is 33.9 Å². The third-order valence-electron chi connectivity index (χ3n) is 2.45. The summed E-state index contributed by atoms with van der Waals surface area (Å²) in [6.45, 7) is 0. The number of carbonyl (C=O) groups is 2. The van der Waals surface area contributed by atoms with Gasteiger partial charge in [-0.05, 0) is 52.2 Å². The molecule has 0 radical (unpaired) electrons. The van der Waals surface area contributed by atoms with Crippen molar-refractivity contribution in [1.29, 1.82) is 0 Å². The van der Waals surface area contributed by atoms with E-state index in [1.807, 2.05) is 0 Å². The Morgan fingerprint density at radius 2 is 1.95 bits per heavy atom. The normalized spacial score (nSPS) is 9.90. The molecule has 0 atom stereocenters. The van der Waals surface area contributed by atoms with Gasteiger partial charge in [-0.25, -0.2) is 0 Å². The van der Waals surface area contributed by atoms with E-state index in [-0.39, 0.29) is 11.8 Å². The summed E-state index contributed by atoms with van der Waals surface area (Å²) in [6, 6.07) is 8.48. The molecule has 2 amide bonds. The Balaban J connectivity index is 1.98. The number of ether oxygens (including phenoxy) is 1. The van der Waals surface area contributed by atoms with Crippen LogP contribution in [0.5, 0.6) is 5.75 Å². The maximum absolute atomic E-state index is 11.9. The molecule has 5 nitrogen and oxygen atoms in total. The first kappa shape index (κ1) is 14.8. The minimum Gasteiger partial charge on any atom is -0.496 e. The fraction of sp³-hybridized carbons (Fsp3) is 0.0769. The quantitative estimate of drug-likeness (QED) is 0.612. The van der Waals surface area contributed by atoms with Crippen LogP contribution in [-0.2, 0) is 0 Å². The molecule has 104 valence electrons. The second-order valence-electron chi connectivity index (χ2n) is 3.73. The predicted octanol–water partition coefficient (Wildman–Crippen LogP) is 2.44. The van der Waals surface area contributed by atoms with Crippen molar-refractivity contribution in [2.45, 2.75) is 0 Å². The first-order chi connectivity index (χ1) is 9.61. The molecule has 0 aliphatic carbocycles. The van der Waals surface area contributed by atoms with Gasteiger partial charge in [0.1, 0.15) is 5.75 Å². The van der Waals surface area contributed by atoms with Crippen LogP contribution < -0.4 is 15.6 Å². The first-order valence-corrected chi connectivity index (χ1v) is 7.55. The third-order valence-corrected chi connectivity index (χ3v) is 4.16. The molecule has 1 heterocycles. The third kappa shape index (κ3) is 3.48. The fourth-order valence-electron chi connectivity index (χ4n) is 1.46. The number of amides is 2. The highest BCUT2D eigenvalue weighted by molar-refractivity contribution is 14.1. The van der Waals surface area contributed by atoms with Gasteiger partial charge in [0.25, 0.3) is 11.8 Å². The molecule has 0 saturated carbocycles. The molecule has 2 aromatic rings. The van der Waals surface area contributed by atoms with E-state index in [2.05, 4.69) is 33.4 Å². The van der Waals surface area contributed by atoms with Crippen molar-refractivity contribution in [3.05, 3.63) is 49.7 Å². The lowest BCUT2D eigenvalue weighted by atomic mass is 10.2. The minimum atomic E-state index is -0.379. The Bertz CT molecular complexity index is 629. The molecule has 2 N–H and O–H groups in total. The molecule has 0 aliphatic heterocycles. The summed E-state index contributed by atoms with van der Waals surface area (Å²) in [6.07, 6.45) is 0. The molecule has 0 aliphatic rings. The van der Waals surface area contributed by atoms with Crippen LogP contribution in [0.3, 0.4) is 0 Å². The summed E-state index contributed by atoms with van der Waals surface area (Å²) >= 11 is 3.38. The standard InChI is InChI=1S/C13H11IN2O3S/c1-19-10-5-4-8(7-9(10)14)12(17)15-16-13(18)11-3-2-6-20-11/h2-7H,1H3,(H,15,17)(H,16,18). The van der Waals surface area contributed by atoms with Gasteiger partial charge in [0, 0.05) is 5.56 Å². The van der Waals surface area contributed by atoms with E-state index in [0.29, 0.717) is 16.2 Å². The average molecular weight is 402 g/mol. The maximum Gasteiger partial charge on any atom is 0.279 e. The summed E-state index contributed by atoms with van der Waals surface area (Å²) < 4.78 is 5.94. The van der Waals surface area contributed by atoms with E-state index in [1.54, 1.807) is 42.8 Å². The molecule has 1 aromatic heterocycles. The van der Waals surface area contributed by atoms with Gasteiger partial charge in [-0.15, -0.1) is 11.3 Å². The minimum absolute atomic E-state index is 0.337. The van der Waals surface area contributed by atoms with Crippen molar-refractivity contribution in [3.63, 3.8) is 0 Å². The van der Waals surface area contributed by atoms with Gasteiger partial charge in [-0.2, -0.15) is 0 Å². The van der Waals surface area contributed by atoms with E-state index >= 15 is 0 Å². The monoisotopic (exact) mass is 402 g/mol. The van der Waals surface area contributed by atoms with Crippen molar-refractivity contribution >= 4 is 45.7 Å². The number of nitrogens with one attached hydrogen (secondary N) is 2. The number of rotatable bonds is 3. The molecule has 1 aromatic carbocycles. The van der Waals surface area contributed by atoms with E-state index in [4.69, 9.17) is 4.74 Å². The van der Waals surface area contributed by atoms with Crippen molar-refractivity contribution in [3.8, 4) is 5.75 Å². The van der Waals surface area contributed by atoms with Gasteiger partial charge >= 0.3 is 0 Å². The summed E-state index contributed by atoms with van der Waals surface area (Å²) in [5.41, 5.74) is 5.19. The highest BCUT2D eigenvalue weighted by atomic mass is 127. The number of thiophene rings is 1. The molecule has 0 saturated heterocycles. The number of hydrazine groups is 1. The Hall–Kier alpha value is -1.61. The smallest absolute Gasteiger partial charge is 0.279 e. The second-order valence-corrected chi connectivity index (χ2v) is 5.84. The van der Waals surface area contributed by atoms with Crippen LogP contribution in [0.4, 0.5) is 0 Å². The molecule has 20 heavy (non-hydrogen) atoms. The molecule has 0 bridgehead atoms. The topological polar surface area (TPSA) is 67.4 Å². The number of halogens is 1. The van der Waals surface area contributed by atoms with E-state index in [1.165, 1.54) is 11.3 Å². The largest absolute Gasteiger partial charge is 0.496 e. The predicted molar refractivity (Wildman–Crippen MR) is 85.0 cm³/mol. The molecular formula is C13H11IN2O3S. The van der Waals surface area contributed by atoms with Crippen LogP contribution in [0.2, 0.25) is 0 Å². The lowest BCUT2D eigenvalue weighted by Crippen LogP contribution is -2.41. The number of carbonyl (C=O) groups excluding carboxylic acids is 2. The van der Waals surface area contributed by atoms with Crippen LogP contribution in [-0.4, -0.2) is 18.9 Å². The molecule has 2 rings (SSSR count). The number of hydrogen-bond donors (Lipinski definition) is 2. The Morgan fingerprint density at radius 3 is 2.55 bits per heavy atom. The summed E-state index contributed by atoms with van der Waals surface area (Å²) in [4.78, 5) is 24.1. The van der Waals surface area contributed by atoms with Gasteiger partial charge in [0.2, 0.25) is 0 Å². The Morgan fingerprint density at radius 1 is 1.20 bits per heavy atom. The van der Waals surface area contributed by atoms with Gasteiger partial charge in [-0.1, -0.05) is 6.07 Å². The van der Waals surface area contributed by atoms with Crippen molar-refractivity contribution in [2.75, 3.05) is 7.11 Å². The summed E-state index contributed by atoms with van der Waals surface area (Å²) in [5, 5.41) is 1.79. The lowest BCUT2D eigenvalue weighted by molar-refractivity contribution is 0.0849. The van der Waals surface area contributed by atoms with Crippen molar-refractivity contribution in [2.24, 2.45) is 0 Å². The highest BCUT2D eigenvalue weighted by Crippen LogP contribution is 2.21. The van der Waals surface area contributed by atoms with Gasteiger partial charge < -0.3 is 4.74 Å². The van der Waals surface area contributed by atoms with Gasteiger partial charge in [-0.3, -0.25) is 20.4 Å². The van der Waals surface area contributed by atoms with Crippen molar-refractivity contribution in [1.82, 2.24) is 10.9 Å². The zero-order valence-electron chi connectivity index (χ0n) is 10.5. The average Bonchev–Trinajstić information content (AvgIpc) is 2.98. The van der Waals surface area contributed by atoms with Gasteiger partial charge in [0.05, 0.1) is 15.6 Å². The summed E-state index contributed by atoms with van der Waals surface area (Å²) in [5.74, 6) is -0.0168. The van der Waals surface area contributed by atoms with Crippen LogP contribution in [0, 0.1) is 3.57 Å². The number of methoxy groups -OCH3 is 1.